The average molecular weight is 386 g/mol. The molecule has 0 saturated carbocycles. The quantitative estimate of drug-likeness (QED) is 0.514. The number of aromatic nitrogens is 2. The SMILES string of the molecule is CC(Nc1ccc([N+](=O)[O-])c(S(C)(=O)=O)c1)c1cccc(-n2ccnc2)c1. The highest BCUT2D eigenvalue weighted by molar-refractivity contribution is 7.90. The summed E-state index contributed by atoms with van der Waals surface area (Å²) >= 11 is 0. The van der Waals surface area contributed by atoms with Gasteiger partial charge in [-0.15, -0.1) is 0 Å². The first kappa shape index (κ1) is 18.6. The summed E-state index contributed by atoms with van der Waals surface area (Å²) in [4.78, 5) is 14.1. The van der Waals surface area contributed by atoms with Gasteiger partial charge in [-0.25, -0.2) is 13.4 Å². The summed E-state index contributed by atoms with van der Waals surface area (Å²) in [5.74, 6) is 0. The van der Waals surface area contributed by atoms with Gasteiger partial charge in [-0.2, -0.15) is 0 Å². The van der Waals surface area contributed by atoms with Crippen molar-refractivity contribution in [3.8, 4) is 5.69 Å². The van der Waals surface area contributed by atoms with Crippen molar-refractivity contribution in [2.45, 2.75) is 17.9 Å². The molecule has 0 aliphatic heterocycles. The fraction of sp³-hybridized carbons (Fsp3) is 0.167. The zero-order valence-electron chi connectivity index (χ0n) is 14.7. The first-order valence-corrected chi connectivity index (χ1v) is 9.98. The van der Waals surface area contributed by atoms with E-state index in [4.69, 9.17) is 0 Å². The summed E-state index contributed by atoms with van der Waals surface area (Å²) in [5.41, 5.74) is 1.97. The predicted molar refractivity (Wildman–Crippen MR) is 102 cm³/mol. The molecule has 3 rings (SSSR count). The molecule has 0 saturated heterocycles. The molecule has 8 nitrogen and oxygen atoms in total. The fourth-order valence-electron chi connectivity index (χ4n) is 2.75. The molecule has 0 aliphatic rings. The topological polar surface area (TPSA) is 107 Å². The number of hydrogen-bond donors (Lipinski definition) is 1. The molecular weight excluding hydrogens is 368 g/mol. The van der Waals surface area contributed by atoms with E-state index in [9.17, 15) is 18.5 Å². The van der Waals surface area contributed by atoms with Crippen LogP contribution in [-0.2, 0) is 9.84 Å². The highest BCUT2D eigenvalue weighted by Gasteiger charge is 2.22. The van der Waals surface area contributed by atoms with Gasteiger partial charge in [0.1, 0.15) is 4.90 Å². The van der Waals surface area contributed by atoms with Gasteiger partial charge < -0.3 is 9.88 Å². The molecule has 0 spiro atoms. The van der Waals surface area contributed by atoms with E-state index in [0.29, 0.717) is 5.69 Å². The summed E-state index contributed by atoms with van der Waals surface area (Å²) in [6.07, 6.45) is 6.19. The second-order valence-corrected chi connectivity index (χ2v) is 8.13. The number of hydrogen-bond acceptors (Lipinski definition) is 6. The third-order valence-electron chi connectivity index (χ3n) is 4.11. The molecule has 2 aromatic carbocycles. The van der Waals surface area contributed by atoms with Gasteiger partial charge in [0, 0.05) is 42.1 Å². The molecule has 1 heterocycles. The summed E-state index contributed by atoms with van der Waals surface area (Å²) < 4.78 is 25.7. The van der Waals surface area contributed by atoms with E-state index in [0.717, 1.165) is 17.5 Å². The minimum Gasteiger partial charge on any atom is -0.378 e. The standard InChI is InChI=1S/C18H18N4O4S/c1-13(14-4-3-5-16(10-14)21-9-8-19-12-21)20-15-6-7-17(22(23)24)18(11-15)27(2,25)26/h3-13,20H,1-2H3. The van der Waals surface area contributed by atoms with Gasteiger partial charge in [0.2, 0.25) is 0 Å². The fourth-order valence-corrected chi connectivity index (χ4v) is 3.62. The van der Waals surface area contributed by atoms with Crippen LogP contribution in [0.25, 0.3) is 5.69 Å². The maximum Gasteiger partial charge on any atom is 0.288 e. The van der Waals surface area contributed by atoms with E-state index in [1.807, 2.05) is 42.0 Å². The van der Waals surface area contributed by atoms with Crippen molar-refractivity contribution in [2.24, 2.45) is 0 Å². The van der Waals surface area contributed by atoms with E-state index in [-0.39, 0.29) is 10.9 Å². The Hall–Kier alpha value is -3.20. The summed E-state index contributed by atoms with van der Waals surface area (Å²) in [7, 11) is -3.73. The normalized spacial score (nSPS) is 12.5. The molecule has 140 valence electrons. The Balaban J connectivity index is 1.89. The molecule has 1 atom stereocenters. The van der Waals surface area contributed by atoms with Crippen LogP contribution in [0.2, 0.25) is 0 Å². The van der Waals surface area contributed by atoms with Gasteiger partial charge in [-0.3, -0.25) is 10.1 Å². The van der Waals surface area contributed by atoms with E-state index in [1.54, 1.807) is 12.5 Å². The largest absolute Gasteiger partial charge is 0.378 e. The maximum atomic E-state index is 11.9. The summed E-state index contributed by atoms with van der Waals surface area (Å²) in [5, 5.41) is 14.3. The number of rotatable bonds is 6. The molecule has 0 amide bonds. The minimum absolute atomic E-state index is 0.151. The van der Waals surface area contributed by atoms with Crippen LogP contribution >= 0.6 is 0 Å². The Bertz CT molecular complexity index is 1080. The molecule has 0 fully saturated rings. The molecule has 3 aromatic rings. The van der Waals surface area contributed by atoms with Crippen molar-refractivity contribution < 1.29 is 13.3 Å². The number of nitro groups is 1. The second-order valence-electron chi connectivity index (χ2n) is 6.14. The van der Waals surface area contributed by atoms with Gasteiger partial charge in [-0.1, -0.05) is 12.1 Å². The van der Waals surface area contributed by atoms with E-state index in [2.05, 4.69) is 10.3 Å². The van der Waals surface area contributed by atoms with E-state index >= 15 is 0 Å². The lowest BCUT2D eigenvalue weighted by molar-refractivity contribution is -0.387. The van der Waals surface area contributed by atoms with Crippen LogP contribution in [0.5, 0.6) is 0 Å². The van der Waals surface area contributed by atoms with Crippen molar-refractivity contribution in [3.05, 3.63) is 76.9 Å². The predicted octanol–water partition coefficient (Wildman–Crippen LogP) is 3.36. The number of anilines is 1. The van der Waals surface area contributed by atoms with Crippen LogP contribution in [-0.4, -0.2) is 29.1 Å². The Kier molecular flexibility index (Phi) is 4.95. The van der Waals surface area contributed by atoms with Crippen LogP contribution in [0.4, 0.5) is 11.4 Å². The minimum atomic E-state index is -3.73. The van der Waals surface area contributed by atoms with Gasteiger partial charge in [0.15, 0.2) is 9.84 Å². The number of benzene rings is 2. The summed E-state index contributed by atoms with van der Waals surface area (Å²) in [6.45, 7) is 1.93. The van der Waals surface area contributed by atoms with Gasteiger partial charge >= 0.3 is 0 Å². The molecule has 27 heavy (non-hydrogen) atoms. The lowest BCUT2D eigenvalue weighted by Gasteiger charge is -2.17. The monoisotopic (exact) mass is 386 g/mol. The molecule has 1 N–H and O–H groups in total. The first-order chi connectivity index (χ1) is 12.8. The zero-order chi connectivity index (χ0) is 19.6. The van der Waals surface area contributed by atoms with Crippen molar-refractivity contribution >= 4 is 21.2 Å². The van der Waals surface area contributed by atoms with Crippen molar-refractivity contribution in [1.29, 1.82) is 0 Å². The first-order valence-electron chi connectivity index (χ1n) is 8.09. The third-order valence-corrected chi connectivity index (χ3v) is 5.24. The molecular formula is C18H18N4O4S. The lowest BCUT2D eigenvalue weighted by atomic mass is 10.1. The Morgan fingerprint density at radius 3 is 2.63 bits per heavy atom. The Labute approximate surface area is 156 Å². The third kappa shape index (κ3) is 4.14. The average Bonchev–Trinajstić information content (AvgIpc) is 3.15. The van der Waals surface area contributed by atoms with Gasteiger partial charge in [0.25, 0.3) is 5.69 Å². The van der Waals surface area contributed by atoms with Gasteiger partial charge in [0.05, 0.1) is 11.3 Å². The zero-order valence-corrected chi connectivity index (χ0v) is 15.6. The van der Waals surface area contributed by atoms with Crippen LogP contribution in [0.15, 0.2) is 66.1 Å². The molecule has 1 unspecified atom stereocenters. The number of nitro benzene ring substituents is 1. The lowest BCUT2D eigenvalue weighted by Crippen LogP contribution is -2.09. The molecule has 0 aliphatic carbocycles. The van der Waals surface area contributed by atoms with Crippen molar-refractivity contribution in [2.75, 3.05) is 11.6 Å². The number of sulfone groups is 1. The smallest absolute Gasteiger partial charge is 0.288 e. The molecule has 9 heteroatoms. The van der Waals surface area contributed by atoms with Crippen molar-refractivity contribution in [1.82, 2.24) is 9.55 Å². The molecule has 0 radical (unpaired) electrons. The van der Waals surface area contributed by atoms with E-state index in [1.165, 1.54) is 18.2 Å². The Morgan fingerprint density at radius 1 is 1.22 bits per heavy atom. The second kappa shape index (κ2) is 7.20. The van der Waals surface area contributed by atoms with Crippen LogP contribution < -0.4 is 5.32 Å². The van der Waals surface area contributed by atoms with Crippen LogP contribution in [0.1, 0.15) is 18.5 Å². The van der Waals surface area contributed by atoms with E-state index < -0.39 is 20.4 Å². The highest BCUT2D eigenvalue weighted by atomic mass is 32.2. The van der Waals surface area contributed by atoms with Crippen LogP contribution in [0.3, 0.4) is 0 Å². The van der Waals surface area contributed by atoms with Crippen molar-refractivity contribution in [3.63, 3.8) is 0 Å². The van der Waals surface area contributed by atoms with Gasteiger partial charge in [-0.05, 0) is 36.8 Å². The maximum absolute atomic E-state index is 11.9. The number of imidazole rings is 1. The van der Waals surface area contributed by atoms with Crippen LogP contribution in [0, 0.1) is 10.1 Å². The number of nitrogens with zero attached hydrogens (tertiary/aromatic N) is 3. The Morgan fingerprint density at radius 2 is 2.00 bits per heavy atom. The summed E-state index contributed by atoms with van der Waals surface area (Å²) in [6, 6.07) is 11.7. The molecule has 0 bridgehead atoms. The number of nitrogens with one attached hydrogen (secondary N) is 1. The molecule has 1 aromatic heterocycles. The highest BCUT2D eigenvalue weighted by Crippen LogP contribution is 2.29.